The fourth-order valence-corrected chi connectivity index (χ4v) is 3.70. The second-order valence-electron chi connectivity index (χ2n) is 7.07. The van der Waals surface area contributed by atoms with Crippen molar-refractivity contribution in [2.24, 2.45) is 0 Å². The summed E-state index contributed by atoms with van der Waals surface area (Å²) in [4.78, 5) is 25.7. The van der Waals surface area contributed by atoms with E-state index in [-0.39, 0.29) is 11.8 Å². The molecule has 1 aliphatic rings. The number of hydrogen-bond acceptors (Lipinski definition) is 3. The first-order valence-electron chi connectivity index (χ1n) is 9.75. The van der Waals surface area contributed by atoms with Gasteiger partial charge in [-0.3, -0.25) is 9.59 Å². The van der Waals surface area contributed by atoms with Crippen molar-refractivity contribution in [3.8, 4) is 5.75 Å². The molecule has 3 aromatic carbocycles. The van der Waals surface area contributed by atoms with E-state index in [9.17, 15) is 9.59 Å². The molecular formula is C24H21ClN3O3+. The summed E-state index contributed by atoms with van der Waals surface area (Å²) in [6, 6.07) is 22.2. The minimum absolute atomic E-state index is 0.310. The highest BCUT2D eigenvalue weighted by atomic mass is 35.5. The smallest absolute Gasteiger partial charge is 0.304 e. The standard InChI is InChI=1S/C24H20ClN3O3/c1-31-20-10-6-5-9-18(20)15-28-22(16-11-13-19(25)14-12-16)21(24(30)27-28)26-23(29)17-7-3-2-4-8-17/h2-15,21-22H,1H3,(H-,26,27,29,30)/p+1/b28-15-/t21-,22+/m1/s1. The monoisotopic (exact) mass is 434 g/mol. The first-order valence-corrected chi connectivity index (χ1v) is 10.1. The van der Waals surface area contributed by atoms with Crippen LogP contribution in [0.5, 0.6) is 5.75 Å². The summed E-state index contributed by atoms with van der Waals surface area (Å²) in [6.45, 7) is 0. The molecule has 0 aliphatic carbocycles. The van der Waals surface area contributed by atoms with Crippen LogP contribution in [-0.2, 0) is 4.79 Å². The van der Waals surface area contributed by atoms with Gasteiger partial charge in [-0.2, -0.15) is 0 Å². The molecule has 31 heavy (non-hydrogen) atoms. The molecule has 0 bridgehead atoms. The van der Waals surface area contributed by atoms with Gasteiger partial charge in [-0.15, -0.1) is 10.1 Å². The lowest BCUT2D eigenvalue weighted by atomic mass is 9.99. The van der Waals surface area contributed by atoms with Crippen LogP contribution in [0, 0.1) is 0 Å². The SMILES string of the molecule is COc1ccccc1/C=[N+]1\NC(=O)[C@H](NC(=O)c2ccccc2)[C@@H]1c1ccc(Cl)cc1. The molecule has 156 valence electrons. The highest BCUT2D eigenvalue weighted by Crippen LogP contribution is 2.27. The molecule has 2 N–H and O–H groups in total. The van der Waals surface area contributed by atoms with Crippen LogP contribution < -0.4 is 15.5 Å². The summed E-state index contributed by atoms with van der Waals surface area (Å²) in [5.41, 5.74) is 4.96. The fraction of sp³-hybridized carbons (Fsp3) is 0.125. The summed E-state index contributed by atoms with van der Waals surface area (Å²) >= 11 is 6.06. The molecule has 2 atom stereocenters. The number of halogens is 1. The lowest BCUT2D eigenvalue weighted by Gasteiger charge is -2.15. The van der Waals surface area contributed by atoms with Gasteiger partial charge in [-0.25, -0.2) is 0 Å². The molecule has 7 heteroatoms. The van der Waals surface area contributed by atoms with Crippen molar-refractivity contribution in [3.63, 3.8) is 0 Å². The largest absolute Gasteiger partial charge is 0.496 e. The quantitative estimate of drug-likeness (QED) is 0.605. The number of methoxy groups -OCH3 is 1. The maximum absolute atomic E-state index is 12.9. The fourth-order valence-electron chi connectivity index (χ4n) is 3.58. The zero-order chi connectivity index (χ0) is 21.8. The molecule has 1 aliphatic heterocycles. The number of hydrazine groups is 1. The van der Waals surface area contributed by atoms with Crippen LogP contribution in [0.4, 0.5) is 0 Å². The minimum Gasteiger partial charge on any atom is -0.496 e. The van der Waals surface area contributed by atoms with Gasteiger partial charge in [0.05, 0.1) is 12.7 Å². The zero-order valence-electron chi connectivity index (χ0n) is 16.8. The van der Waals surface area contributed by atoms with Gasteiger partial charge in [-0.05, 0) is 36.4 Å². The molecule has 6 nitrogen and oxygen atoms in total. The van der Waals surface area contributed by atoms with Crippen molar-refractivity contribution in [2.45, 2.75) is 12.1 Å². The van der Waals surface area contributed by atoms with Crippen molar-refractivity contribution in [2.75, 3.05) is 7.11 Å². The number of hydrazone groups is 1. The van der Waals surface area contributed by atoms with Gasteiger partial charge in [-0.1, -0.05) is 54.1 Å². The first kappa shape index (κ1) is 20.6. The van der Waals surface area contributed by atoms with Gasteiger partial charge in [0.1, 0.15) is 5.75 Å². The normalized spacial score (nSPS) is 19.2. The van der Waals surface area contributed by atoms with Gasteiger partial charge in [0.25, 0.3) is 5.91 Å². The van der Waals surface area contributed by atoms with Crippen LogP contribution in [0.2, 0.25) is 5.02 Å². The predicted octanol–water partition coefficient (Wildman–Crippen LogP) is 3.36. The van der Waals surface area contributed by atoms with E-state index in [2.05, 4.69) is 10.7 Å². The number of carbonyl (C=O) groups is 2. The van der Waals surface area contributed by atoms with Gasteiger partial charge in [0.2, 0.25) is 12.3 Å². The number of hydrogen-bond donors (Lipinski definition) is 2. The van der Waals surface area contributed by atoms with E-state index in [1.807, 2.05) is 42.5 Å². The Bertz CT molecular complexity index is 1130. The number of ether oxygens (including phenoxy) is 1. The Labute approximate surface area is 185 Å². The highest BCUT2D eigenvalue weighted by molar-refractivity contribution is 6.30. The first-order chi connectivity index (χ1) is 15.1. The maximum atomic E-state index is 12.9. The third-order valence-corrected chi connectivity index (χ3v) is 5.34. The topological polar surface area (TPSA) is 70.4 Å². The van der Waals surface area contributed by atoms with Crippen LogP contribution in [0.15, 0.2) is 78.9 Å². The summed E-state index contributed by atoms with van der Waals surface area (Å²) in [6.07, 6.45) is 1.80. The number of amides is 2. The van der Waals surface area contributed by atoms with Gasteiger partial charge < -0.3 is 10.1 Å². The number of para-hydroxylation sites is 1. The number of carbonyl (C=O) groups excluding carboxylic acids is 2. The second-order valence-corrected chi connectivity index (χ2v) is 7.50. The second kappa shape index (κ2) is 9.02. The zero-order valence-corrected chi connectivity index (χ0v) is 17.5. The Hall–Kier alpha value is -3.64. The Morgan fingerprint density at radius 1 is 1.03 bits per heavy atom. The Morgan fingerprint density at radius 3 is 2.42 bits per heavy atom. The van der Waals surface area contributed by atoms with E-state index in [0.29, 0.717) is 16.3 Å². The maximum Gasteiger partial charge on any atom is 0.304 e. The molecule has 0 aromatic heterocycles. The Kier molecular flexibility index (Phi) is 6.00. The van der Waals surface area contributed by atoms with E-state index in [0.717, 1.165) is 11.1 Å². The van der Waals surface area contributed by atoms with Crippen LogP contribution in [0.1, 0.15) is 27.5 Å². The molecule has 0 radical (unpaired) electrons. The lowest BCUT2D eigenvalue weighted by Crippen LogP contribution is -2.42. The molecule has 0 spiro atoms. The van der Waals surface area contributed by atoms with Crippen LogP contribution >= 0.6 is 11.6 Å². The molecule has 4 rings (SSSR count). The van der Waals surface area contributed by atoms with Crippen LogP contribution in [-0.4, -0.2) is 35.9 Å². The molecule has 0 unspecified atom stereocenters. The number of rotatable bonds is 5. The third kappa shape index (κ3) is 4.44. The average molecular weight is 435 g/mol. The van der Waals surface area contributed by atoms with E-state index in [1.54, 1.807) is 54.4 Å². The molecule has 1 saturated heterocycles. The highest BCUT2D eigenvalue weighted by Gasteiger charge is 2.47. The predicted molar refractivity (Wildman–Crippen MR) is 118 cm³/mol. The number of nitrogens with one attached hydrogen (secondary N) is 2. The number of benzene rings is 3. The van der Waals surface area contributed by atoms with Crippen molar-refractivity contribution >= 4 is 29.6 Å². The van der Waals surface area contributed by atoms with E-state index < -0.39 is 12.1 Å². The lowest BCUT2D eigenvalue weighted by molar-refractivity contribution is -0.596. The third-order valence-electron chi connectivity index (χ3n) is 5.09. The van der Waals surface area contributed by atoms with E-state index >= 15 is 0 Å². The van der Waals surface area contributed by atoms with Crippen LogP contribution in [0.25, 0.3) is 0 Å². The molecule has 3 aromatic rings. The van der Waals surface area contributed by atoms with Crippen LogP contribution in [0.3, 0.4) is 0 Å². The van der Waals surface area contributed by atoms with Crippen molar-refractivity contribution in [3.05, 3.63) is 101 Å². The Morgan fingerprint density at radius 2 is 1.71 bits per heavy atom. The number of nitrogens with zero attached hydrogens (tertiary/aromatic N) is 1. The molecule has 2 amide bonds. The molecule has 1 heterocycles. The Balaban J connectivity index is 1.73. The molecule has 0 saturated carbocycles. The van der Waals surface area contributed by atoms with Gasteiger partial charge in [0.15, 0.2) is 6.04 Å². The van der Waals surface area contributed by atoms with E-state index in [1.165, 1.54) is 0 Å². The summed E-state index contributed by atoms with van der Waals surface area (Å²) < 4.78 is 7.12. The summed E-state index contributed by atoms with van der Waals surface area (Å²) in [5, 5.41) is 3.46. The summed E-state index contributed by atoms with van der Waals surface area (Å²) in [5.74, 6) is 0.0395. The van der Waals surface area contributed by atoms with Crippen molar-refractivity contribution in [1.29, 1.82) is 0 Å². The minimum atomic E-state index is -0.806. The average Bonchev–Trinajstić information content (AvgIpc) is 3.09. The van der Waals surface area contributed by atoms with Gasteiger partial charge in [0, 0.05) is 16.1 Å². The van der Waals surface area contributed by atoms with Crippen molar-refractivity contribution in [1.82, 2.24) is 10.7 Å². The summed E-state index contributed by atoms with van der Waals surface area (Å²) in [7, 11) is 1.59. The van der Waals surface area contributed by atoms with E-state index in [4.69, 9.17) is 16.3 Å². The van der Waals surface area contributed by atoms with Gasteiger partial charge >= 0.3 is 5.91 Å². The molecular weight excluding hydrogens is 414 g/mol. The molecule has 1 fully saturated rings. The van der Waals surface area contributed by atoms with Crippen molar-refractivity contribution < 1.29 is 19.0 Å².